The van der Waals surface area contributed by atoms with Crippen molar-refractivity contribution in [2.45, 2.75) is 46.1 Å². The zero-order valence-corrected chi connectivity index (χ0v) is 14.5. The fourth-order valence-electron chi connectivity index (χ4n) is 2.94. The molecule has 2 rings (SSSR count). The third kappa shape index (κ3) is 4.22. The topological polar surface area (TPSA) is 63.7 Å². The minimum Gasteiger partial charge on any atom is -0.447 e. The Kier molecular flexibility index (Phi) is 6.12. The first-order valence-corrected chi connectivity index (χ1v) is 8.49. The Morgan fingerprint density at radius 3 is 2.50 bits per heavy atom. The van der Waals surface area contributed by atoms with Crippen LogP contribution in [-0.2, 0) is 20.7 Å². The van der Waals surface area contributed by atoms with Crippen molar-refractivity contribution >= 4 is 17.8 Å². The summed E-state index contributed by atoms with van der Waals surface area (Å²) in [4.78, 5) is 38.1. The lowest BCUT2D eigenvalue weighted by molar-refractivity contribution is -0.137. The summed E-state index contributed by atoms with van der Waals surface area (Å²) in [5, 5.41) is 0. The average Bonchev–Trinajstić information content (AvgIpc) is 2.92. The lowest BCUT2D eigenvalue weighted by atomic mass is 9.88. The van der Waals surface area contributed by atoms with Crippen LogP contribution < -0.4 is 0 Å². The number of amides is 2. The minimum atomic E-state index is -0.601. The van der Waals surface area contributed by atoms with Gasteiger partial charge in [0.05, 0.1) is 6.04 Å². The van der Waals surface area contributed by atoms with Crippen LogP contribution in [0.2, 0.25) is 0 Å². The van der Waals surface area contributed by atoms with Crippen molar-refractivity contribution in [3.63, 3.8) is 0 Å². The summed E-state index contributed by atoms with van der Waals surface area (Å²) in [5.41, 5.74) is 1.05. The summed E-state index contributed by atoms with van der Waals surface area (Å²) in [5.74, 6) is -0.760. The van der Waals surface area contributed by atoms with Crippen LogP contribution in [0.5, 0.6) is 0 Å². The Balaban J connectivity index is 2.16. The van der Waals surface area contributed by atoms with Gasteiger partial charge < -0.3 is 4.74 Å². The highest BCUT2D eigenvalue weighted by Gasteiger charge is 2.41. The number of hydrogen-bond donors (Lipinski definition) is 0. The molecule has 1 aliphatic heterocycles. The molecule has 0 spiro atoms. The molecule has 0 aromatic heterocycles. The second-order valence-electron chi connectivity index (χ2n) is 6.58. The van der Waals surface area contributed by atoms with Gasteiger partial charge in [0.25, 0.3) is 0 Å². The Bertz CT molecular complexity index is 597. The van der Waals surface area contributed by atoms with Crippen molar-refractivity contribution in [2.75, 3.05) is 6.61 Å². The number of hydrogen-bond acceptors (Lipinski definition) is 4. The lowest BCUT2D eigenvalue weighted by Crippen LogP contribution is -2.45. The van der Waals surface area contributed by atoms with Gasteiger partial charge in [-0.15, -0.1) is 0 Å². The Hall–Kier alpha value is -2.17. The number of ketones is 1. The third-order valence-corrected chi connectivity index (χ3v) is 4.48. The Labute approximate surface area is 143 Å². The fourth-order valence-corrected chi connectivity index (χ4v) is 2.94. The first kappa shape index (κ1) is 18.2. The van der Waals surface area contributed by atoms with Gasteiger partial charge in [0.2, 0.25) is 5.91 Å². The number of rotatable bonds is 7. The molecule has 130 valence electrons. The predicted octanol–water partition coefficient (Wildman–Crippen LogP) is 3.22. The highest BCUT2D eigenvalue weighted by molar-refractivity contribution is 5.97. The van der Waals surface area contributed by atoms with E-state index in [0.717, 1.165) is 5.56 Å². The number of nitrogens with zero attached hydrogens (tertiary/aromatic N) is 1. The van der Waals surface area contributed by atoms with E-state index in [2.05, 4.69) is 0 Å². The highest BCUT2D eigenvalue weighted by Crippen LogP contribution is 2.25. The van der Waals surface area contributed by atoms with Crippen molar-refractivity contribution in [3.8, 4) is 0 Å². The van der Waals surface area contributed by atoms with Crippen LogP contribution in [0.3, 0.4) is 0 Å². The van der Waals surface area contributed by atoms with Crippen molar-refractivity contribution in [1.29, 1.82) is 0 Å². The summed E-state index contributed by atoms with van der Waals surface area (Å²) in [6, 6.07) is 9.39. The highest BCUT2D eigenvalue weighted by atomic mass is 16.6. The molecule has 0 bridgehead atoms. The van der Waals surface area contributed by atoms with Crippen molar-refractivity contribution in [2.24, 2.45) is 11.8 Å². The maximum Gasteiger partial charge on any atom is 0.416 e. The molecule has 1 heterocycles. The van der Waals surface area contributed by atoms with Crippen molar-refractivity contribution in [1.82, 2.24) is 4.90 Å². The van der Waals surface area contributed by atoms with Crippen LogP contribution in [0.25, 0.3) is 0 Å². The monoisotopic (exact) mass is 331 g/mol. The van der Waals surface area contributed by atoms with Gasteiger partial charge in [-0.05, 0) is 17.9 Å². The lowest BCUT2D eigenvalue weighted by Gasteiger charge is -2.26. The van der Waals surface area contributed by atoms with Crippen LogP contribution in [0.4, 0.5) is 4.79 Å². The van der Waals surface area contributed by atoms with E-state index in [1.165, 1.54) is 4.90 Å². The quantitative estimate of drug-likeness (QED) is 0.769. The Morgan fingerprint density at radius 2 is 1.92 bits per heavy atom. The molecule has 0 unspecified atom stereocenters. The van der Waals surface area contributed by atoms with Gasteiger partial charge in [0, 0.05) is 18.8 Å². The number of benzene rings is 1. The number of carbonyl (C=O) groups excluding carboxylic acids is 3. The molecule has 1 fully saturated rings. The molecule has 0 radical (unpaired) electrons. The maximum absolute atomic E-state index is 12.9. The molecule has 24 heavy (non-hydrogen) atoms. The smallest absolute Gasteiger partial charge is 0.416 e. The number of carbonyl (C=O) groups is 3. The SMILES string of the molecule is CCC(=O)C[C@H](C(=O)N1C(=O)OC[C@@H]1Cc1ccccc1)C(C)C. The molecule has 0 N–H and O–H groups in total. The van der Waals surface area contributed by atoms with Gasteiger partial charge in [0.15, 0.2) is 0 Å². The van der Waals surface area contributed by atoms with Gasteiger partial charge >= 0.3 is 6.09 Å². The third-order valence-electron chi connectivity index (χ3n) is 4.48. The molecule has 0 aliphatic carbocycles. The molecule has 5 heteroatoms. The van der Waals surface area contributed by atoms with Crippen LogP contribution in [0.1, 0.15) is 39.2 Å². The first-order valence-electron chi connectivity index (χ1n) is 8.49. The number of ether oxygens (including phenoxy) is 1. The normalized spacial score (nSPS) is 18.6. The summed E-state index contributed by atoms with van der Waals surface area (Å²) in [6.07, 6.45) is 0.532. The van der Waals surface area contributed by atoms with E-state index in [-0.39, 0.29) is 36.7 Å². The summed E-state index contributed by atoms with van der Waals surface area (Å²) in [6.45, 7) is 5.79. The van der Waals surface area contributed by atoms with E-state index in [9.17, 15) is 14.4 Å². The van der Waals surface area contributed by atoms with E-state index in [1.807, 2.05) is 44.2 Å². The number of Topliss-reactive ketones (excluding diaryl/α,β-unsaturated/α-hetero) is 1. The predicted molar refractivity (Wildman–Crippen MR) is 90.4 cm³/mol. The van der Waals surface area contributed by atoms with Gasteiger partial charge in [-0.2, -0.15) is 0 Å². The molecular weight excluding hydrogens is 306 g/mol. The molecule has 2 amide bonds. The van der Waals surface area contributed by atoms with Crippen molar-refractivity contribution < 1.29 is 19.1 Å². The molecule has 1 aromatic carbocycles. The number of cyclic esters (lactones) is 1. The van der Waals surface area contributed by atoms with Gasteiger partial charge in [-0.1, -0.05) is 51.1 Å². The average molecular weight is 331 g/mol. The van der Waals surface area contributed by atoms with E-state index < -0.39 is 12.0 Å². The van der Waals surface area contributed by atoms with E-state index in [0.29, 0.717) is 12.8 Å². The van der Waals surface area contributed by atoms with Crippen LogP contribution in [0, 0.1) is 11.8 Å². The van der Waals surface area contributed by atoms with E-state index in [1.54, 1.807) is 6.92 Å². The molecule has 1 aliphatic rings. The van der Waals surface area contributed by atoms with Gasteiger partial charge in [-0.3, -0.25) is 9.59 Å². The fraction of sp³-hybridized carbons (Fsp3) is 0.526. The zero-order valence-electron chi connectivity index (χ0n) is 14.5. The van der Waals surface area contributed by atoms with E-state index in [4.69, 9.17) is 4.74 Å². The van der Waals surface area contributed by atoms with Crippen LogP contribution >= 0.6 is 0 Å². The van der Waals surface area contributed by atoms with Crippen molar-refractivity contribution in [3.05, 3.63) is 35.9 Å². The largest absolute Gasteiger partial charge is 0.447 e. The van der Waals surface area contributed by atoms with Crippen LogP contribution in [0.15, 0.2) is 30.3 Å². The zero-order chi connectivity index (χ0) is 17.7. The molecule has 2 atom stereocenters. The van der Waals surface area contributed by atoms with Gasteiger partial charge in [-0.25, -0.2) is 9.69 Å². The standard InChI is InChI=1S/C19H25NO4/c1-4-16(21)11-17(13(2)3)18(22)20-15(12-24-19(20)23)10-14-8-6-5-7-9-14/h5-9,13,15,17H,4,10-12H2,1-3H3/t15-,17-/m0/s1. The first-order chi connectivity index (χ1) is 11.4. The second-order valence-corrected chi connectivity index (χ2v) is 6.58. The molecule has 0 saturated carbocycles. The van der Waals surface area contributed by atoms with Crippen LogP contribution in [-0.4, -0.2) is 35.3 Å². The summed E-state index contributed by atoms with van der Waals surface area (Å²) in [7, 11) is 0. The molecule has 1 aromatic rings. The summed E-state index contributed by atoms with van der Waals surface area (Å²) >= 11 is 0. The summed E-state index contributed by atoms with van der Waals surface area (Å²) < 4.78 is 5.11. The molecule has 5 nitrogen and oxygen atoms in total. The van der Waals surface area contributed by atoms with E-state index >= 15 is 0 Å². The Morgan fingerprint density at radius 1 is 1.25 bits per heavy atom. The second kappa shape index (κ2) is 8.08. The maximum atomic E-state index is 12.9. The van der Waals surface area contributed by atoms with Gasteiger partial charge in [0.1, 0.15) is 12.4 Å². The minimum absolute atomic E-state index is 0.0150. The molecular formula is C19H25NO4. The molecule has 1 saturated heterocycles. The number of imide groups is 1.